The summed E-state index contributed by atoms with van der Waals surface area (Å²) in [4.78, 5) is 24.8. The van der Waals surface area contributed by atoms with E-state index in [0.717, 1.165) is 38.5 Å². The summed E-state index contributed by atoms with van der Waals surface area (Å²) in [6.07, 6.45) is 32.5. The van der Waals surface area contributed by atoms with Crippen molar-refractivity contribution in [1.29, 1.82) is 0 Å². The van der Waals surface area contributed by atoms with Crippen molar-refractivity contribution in [1.82, 2.24) is 0 Å². The van der Waals surface area contributed by atoms with Gasteiger partial charge in [-0.15, -0.1) is 0 Å². The molecule has 1 atom stereocenters. The molecule has 0 amide bonds. The van der Waals surface area contributed by atoms with E-state index in [1.54, 1.807) is 0 Å². The third-order valence-electron chi connectivity index (χ3n) is 8.14. The highest BCUT2D eigenvalue weighted by molar-refractivity contribution is 5.70. The van der Waals surface area contributed by atoms with Crippen molar-refractivity contribution in [3.63, 3.8) is 0 Å². The Kier molecular flexibility index (Phi) is 33.5. The number of rotatable bonds is 34. The molecule has 42 heavy (non-hydrogen) atoms. The van der Waals surface area contributed by atoms with E-state index in [-0.39, 0.29) is 18.5 Å². The quantitative estimate of drug-likeness (QED) is 0.0546. The van der Waals surface area contributed by atoms with Gasteiger partial charge >= 0.3 is 11.9 Å². The maximum atomic E-state index is 12.5. The Balaban J connectivity index is 4.08. The maximum absolute atomic E-state index is 12.5. The van der Waals surface area contributed by atoms with Crippen molar-refractivity contribution in [2.45, 2.75) is 207 Å². The highest BCUT2D eigenvalue weighted by atomic mass is 16.6. The lowest BCUT2D eigenvalue weighted by molar-refractivity contribution is -0.163. The Morgan fingerprint density at radius 2 is 0.786 bits per heavy atom. The van der Waals surface area contributed by atoms with Crippen LogP contribution in [0.2, 0.25) is 0 Å². The van der Waals surface area contributed by atoms with Gasteiger partial charge in [0, 0.05) is 19.4 Å². The van der Waals surface area contributed by atoms with Crippen LogP contribution in [0.15, 0.2) is 0 Å². The van der Waals surface area contributed by atoms with Crippen molar-refractivity contribution in [3.05, 3.63) is 0 Å². The van der Waals surface area contributed by atoms with E-state index >= 15 is 0 Å². The van der Waals surface area contributed by atoms with Crippen molar-refractivity contribution < 1.29 is 23.8 Å². The molecule has 0 aliphatic heterocycles. The fourth-order valence-corrected chi connectivity index (χ4v) is 5.33. The van der Waals surface area contributed by atoms with Crippen LogP contribution in [0.4, 0.5) is 0 Å². The zero-order chi connectivity index (χ0) is 30.8. The Hall–Kier alpha value is -1.10. The van der Waals surface area contributed by atoms with Crippen molar-refractivity contribution in [2.24, 2.45) is 0 Å². The van der Waals surface area contributed by atoms with Crippen LogP contribution in [-0.2, 0) is 23.8 Å². The molecule has 0 heterocycles. The molecule has 0 fully saturated rings. The third kappa shape index (κ3) is 31.8. The molecule has 0 aliphatic rings. The van der Waals surface area contributed by atoms with Crippen LogP contribution in [-0.4, -0.2) is 37.9 Å². The van der Waals surface area contributed by atoms with Crippen LogP contribution in [0.3, 0.4) is 0 Å². The highest BCUT2D eigenvalue weighted by Gasteiger charge is 2.17. The summed E-state index contributed by atoms with van der Waals surface area (Å²) < 4.78 is 17.0. The third-order valence-corrected chi connectivity index (χ3v) is 8.14. The van der Waals surface area contributed by atoms with Crippen LogP contribution >= 0.6 is 0 Å². The minimum absolute atomic E-state index is 0.0938. The van der Waals surface area contributed by atoms with E-state index < -0.39 is 6.10 Å². The molecule has 0 N–H and O–H groups in total. The number of ether oxygens (including phenoxy) is 3. The van der Waals surface area contributed by atoms with Gasteiger partial charge in [-0.1, -0.05) is 168 Å². The summed E-state index contributed by atoms with van der Waals surface area (Å²) in [5, 5.41) is 0. The summed E-state index contributed by atoms with van der Waals surface area (Å²) >= 11 is 0. The molecule has 0 rings (SSSR count). The average molecular weight is 597 g/mol. The van der Waals surface area contributed by atoms with Gasteiger partial charge in [-0.25, -0.2) is 0 Å². The Bertz CT molecular complexity index is 564. The number of hydrogen-bond donors (Lipinski definition) is 0. The van der Waals surface area contributed by atoms with E-state index in [1.165, 1.54) is 128 Å². The second-order valence-electron chi connectivity index (χ2n) is 12.5. The first-order chi connectivity index (χ1) is 20.6. The van der Waals surface area contributed by atoms with E-state index in [4.69, 9.17) is 14.2 Å². The van der Waals surface area contributed by atoms with E-state index in [9.17, 15) is 9.59 Å². The second-order valence-corrected chi connectivity index (χ2v) is 12.5. The van der Waals surface area contributed by atoms with Crippen LogP contribution in [0, 0.1) is 0 Å². The minimum atomic E-state index is -0.516. The molecule has 0 aromatic heterocycles. The molecule has 250 valence electrons. The van der Waals surface area contributed by atoms with Crippen LogP contribution in [0.25, 0.3) is 0 Å². The molecule has 0 radical (unpaired) electrons. The molecular weight excluding hydrogens is 524 g/mol. The summed E-state index contributed by atoms with van der Waals surface area (Å²) in [5.41, 5.74) is 0. The largest absolute Gasteiger partial charge is 0.462 e. The Morgan fingerprint density at radius 1 is 0.429 bits per heavy atom. The molecule has 0 saturated heterocycles. The fourth-order valence-electron chi connectivity index (χ4n) is 5.33. The first-order valence-corrected chi connectivity index (χ1v) is 18.6. The van der Waals surface area contributed by atoms with Crippen molar-refractivity contribution in [3.8, 4) is 0 Å². The lowest BCUT2D eigenvalue weighted by Gasteiger charge is -2.18. The van der Waals surface area contributed by atoms with Gasteiger partial charge in [0.1, 0.15) is 6.61 Å². The second kappa shape index (κ2) is 34.4. The van der Waals surface area contributed by atoms with Crippen molar-refractivity contribution >= 4 is 11.9 Å². The summed E-state index contributed by atoms with van der Waals surface area (Å²) in [6.45, 7) is 7.77. The molecule has 1 unspecified atom stereocenters. The van der Waals surface area contributed by atoms with Gasteiger partial charge in [-0.3, -0.25) is 9.59 Å². The van der Waals surface area contributed by atoms with Gasteiger partial charge in [-0.05, 0) is 19.3 Å². The van der Waals surface area contributed by atoms with Gasteiger partial charge in [0.05, 0.1) is 6.61 Å². The first-order valence-electron chi connectivity index (χ1n) is 18.6. The lowest BCUT2D eigenvalue weighted by atomic mass is 10.0. The van der Waals surface area contributed by atoms with E-state index in [0.29, 0.717) is 26.1 Å². The topological polar surface area (TPSA) is 61.8 Å². The molecule has 0 bridgehead atoms. The fraction of sp³-hybridized carbons (Fsp3) is 0.946. The zero-order valence-corrected chi connectivity index (χ0v) is 28.5. The molecule has 0 saturated carbocycles. The normalized spacial score (nSPS) is 12.0. The van der Waals surface area contributed by atoms with Crippen molar-refractivity contribution in [2.75, 3.05) is 19.8 Å². The molecule has 5 nitrogen and oxygen atoms in total. The molecule has 5 heteroatoms. The zero-order valence-electron chi connectivity index (χ0n) is 28.5. The van der Waals surface area contributed by atoms with Crippen LogP contribution in [0.5, 0.6) is 0 Å². The number of carbonyl (C=O) groups is 2. The number of carbonyl (C=O) groups excluding carboxylic acids is 2. The lowest BCUT2D eigenvalue weighted by Crippen LogP contribution is -2.30. The molecule has 0 spiro atoms. The van der Waals surface area contributed by atoms with Crippen LogP contribution < -0.4 is 0 Å². The molecule has 0 aromatic rings. The monoisotopic (exact) mass is 597 g/mol. The number of hydrogen-bond acceptors (Lipinski definition) is 5. The number of unbranched alkanes of at least 4 members (excludes halogenated alkanes) is 23. The van der Waals surface area contributed by atoms with Gasteiger partial charge in [0.2, 0.25) is 0 Å². The standard InChI is InChI=1S/C37H72O5/c1-4-7-10-13-16-17-18-19-20-21-23-24-27-30-36(38)41-34-35(33-40-32-29-26-15-12-9-6-3)42-37(39)31-28-25-22-14-11-8-5-2/h35H,4-34H2,1-3H3. The average Bonchev–Trinajstić information content (AvgIpc) is 2.99. The minimum Gasteiger partial charge on any atom is -0.462 e. The van der Waals surface area contributed by atoms with Gasteiger partial charge < -0.3 is 14.2 Å². The maximum Gasteiger partial charge on any atom is 0.306 e. The van der Waals surface area contributed by atoms with E-state index in [2.05, 4.69) is 20.8 Å². The summed E-state index contributed by atoms with van der Waals surface area (Å²) in [6, 6.07) is 0. The van der Waals surface area contributed by atoms with Gasteiger partial charge in [0.15, 0.2) is 6.10 Å². The smallest absolute Gasteiger partial charge is 0.306 e. The molecule has 0 aliphatic carbocycles. The first kappa shape index (κ1) is 40.9. The predicted octanol–water partition coefficient (Wildman–Crippen LogP) is 11.4. The van der Waals surface area contributed by atoms with Gasteiger partial charge in [0.25, 0.3) is 0 Å². The number of esters is 2. The molecule has 0 aromatic carbocycles. The SMILES string of the molecule is CCCCCCCCCCCCCCCC(=O)OCC(COCCCCCCCC)OC(=O)CCCCCCCCC. The van der Waals surface area contributed by atoms with Gasteiger partial charge in [-0.2, -0.15) is 0 Å². The highest BCUT2D eigenvalue weighted by Crippen LogP contribution is 2.14. The van der Waals surface area contributed by atoms with E-state index in [1.807, 2.05) is 0 Å². The Morgan fingerprint density at radius 3 is 1.21 bits per heavy atom. The van der Waals surface area contributed by atoms with Crippen LogP contribution in [0.1, 0.15) is 201 Å². The summed E-state index contributed by atoms with van der Waals surface area (Å²) in [7, 11) is 0. The Labute approximate surface area is 262 Å². The predicted molar refractivity (Wildman–Crippen MR) is 178 cm³/mol. The molecular formula is C37H72O5. The summed E-state index contributed by atoms with van der Waals surface area (Å²) in [5.74, 6) is -0.397.